The summed E-state index contributed by atoms with van der Waals surface area (Å²) in [6.45, 7) is 0. The van der Waals surface area contributed by atoms with Gasteiger partial charge in [-0.1, -0.05) is 48.4 Å². The third kappa shape index (κ3) is 3.17. The van der Waals surface area contributed by atoms with Crippen LogP contribution in [0.25, 0.3) is 6.08 Å². The predicted molar refractivity (Wildman–Crippen MR) is 80.9 cm³/mol. The molecule has 1 nitrogen and oxygen atoms in total. The van der Waals surface area contributed by atoms with Gasteiger partial charge in [0.1, 0.15) is 0 Å². The molecule has 1 atom stereocenters. The Balaban J connectivity index is 1.79. The Morgan fingerprint density at radius 2 is 1.95 bits per heavy atom. The van der Waals surface area contributed by atoms with E-state index >= 15 is 0 Å². The van der Waals surface area contributed by atoms with Crippen LogP contribution in [0.5, 0.6) is 0 Å². The minimum Gasteiger partial charge on any atom is -0.365 e. The molecule has 2 aromatic rings. The summed E-state index contributed by atoms with van der Waals surface area (Å²) < 4.78 is 0. The molecular weight excluding hydrogens is 230 g/mol. The molecule has 1 N–H and O–H groups in total. The molecule has 1 heteroatoms. The molecule has 98 valence electrons. The first-order valence-electron chi connectivity index (χ1n) is 7.29. The molecule has 0 bridgehead atoms. The second-order valence-corrected chi connectivity index (χ2v) is 5.47. The Labute approximate surface area is 115 Å². The number of benzene rings is 1. The van der Waals surface area contributed by atoms with Gasteiger partial charge in [0.05, 0.1) is 0 Å². The van der Waals surface area contributed by atoms with Crippen LogP contribution in [0.4, 0.5) is 0 Å². The van der Waals surface area contributed by atoms with Gasteiger partial charge in [-0.05, 0) is 49.3 Å². The average molecular weight is 251 g/mol. The molecule has 0 radical (unpaired) electrons. The summed E-state index contributed by atoms with van der Waals surface area (Å²) in [4.78, 5) is 3.34. The van der Waals surface area contributed by atoms with E-state index in [0.29, 0.717) is 5.92 Å². The Kier molecular flexibility index (Phi) is 3.83. The van der Waals surface area contributed by atoms with Crippen molar-refractivity contribution < 1.29 is 0 Å². The van der Waals surface area contributed by atoms with E-state index in [4.69, 9.17) is 0 Å². The minimum absolute atomic E-state index is 0.715. The van der Waals surface area contributed by atoms with E-state index in [-0.39, 0.29) is 0 Å². The Morgan fingerprint density at radius 1 is 1.05 bits per heavy atom. The Morgan fingerprint density at radius 3 is 2.74 bits per heavy atom. The summed E-state index contributed by atoms with van der Waals surface area (Å²) in [5.74, 6) is 0.715. The molecule has 1 heterocycles. The summed E-state index contributed by atoms with van der Waals surface area (Å²) in [6.07, 6.45) is 10.9. The maximum absolute atomic E-state index is 3.34. The lowest BCUT2D eigenvalue weighted by Crippen LogP contribution is -2.13. The monoisotopic (exact) mass is 251 g/mol. The Hall–Kier alpha value is -1.76. The first kappa shape index (κ1) is 12.3. The fraction of sp³-hybridized carbons (Fsp3) is 0.333. The van der Waals surface area contributed by atoms with E-state index in [1.165, 1.54) is 36.9 Å². The second kappa shape index (κ2) is 5.92. The van der Waals surface area contributed by atoms with E-state index in [2.05, 4.69) is 53.5 Å². The maximum Gasteiger partial charge on any atom is 0.0153 e. The second-order valence-electron chi connectivity index (χ2n) is 5.47. The van der Waals surface area contributed by atoms with Crippen molar-refractivity contribution in [2.24, 2.45) is 5.92 Å². The van der Waals surface area contributed by atoms with Gasteiger partial charge in [-0.25, -0.2) is 0 Å². The van der Waals surface area contributed by atoms with E-state index in [1.54, 1.807) is 5.57 Å². The van der Waals surface area contributed by atoms with E-state index < -0.39 is 0 Å². The molecule has 1 saturated carbocycles. The van der Waals surface area contributed by atoms with Crippen molar-refractivity contribution in [2.75, 3.05) is 0 Å². The average Bonchev–Trinajstić information content (AvgIpc) is 2.95. The highest BCUT2D eigenvalue weighted by Gasteiger charge is 2.19. The number of hydrogen-bond donors (Lipinski definition) is 1. The van der Waals surface area contributed by atoms with E-state index in [1.807, 2.05) is 6.20 Å². The zero-order valence-corrected chi connectivity index (χ0v) is 11.3. The van der Waals surface area contributed by atoms with Crippen molar-refractivity contribution in [3.63, 3.8) is 0 Å². The molecule has 1 aliphatic carbocycles. The van der Waals surface area contributed by atoms with Crippen LogP contribution >= 0.6 is 0 Å². The molecule has 0 spiro atoms. The number of nitrogens with one attached hydrogen (secondary N) is 1. The van der Waals surface area contributed by atoms with Crippen molar-refractivity contribution in [3.05, 3.63) is 65.5 Å². The topological polar surface area (TPSA) is 15.8 Å². The normalized spacial score (nSPS) is 21.7. The van der Waals surface area contributed by atoms with Crippen molar-refractivity contribution in [1.82, 2.24) is 4.98 Å². The number of allylic oxidation sites excluding steroid dienone is 1. The fourth-order valence-corrected chi connectivity index (χ4v) is 3.06. The van der Waals surface area contributed by atoms with E-state index in [0.717, 1.165) is 6.42 Å². The van der Waals surface area contributed by atoms with Crippen LogP contribution in [0.15, 0.2) is 54.2 Å². The standard InChI is InChI=1S/C18H21N/c1-2-7-15(8-3-1)13-16-9-4-5-10-17(16)14-18-11-6-12-19-18/h1-3,6-8,11-13,17,19H,4-5,9-10,14H2. The SMILES string of the molecule is C(=C1CCCCC1Cc1ccc[nH]1)c1ccccc1. The number of aromatic nitrogens is 1. The first-order chi connectivity index (χ1) is 9.42. The van der Waals surface area contributed by atoms with Crippen LogP contribution in [0.3, 0.4) is 0 Å². The quantitative estimate of drug-likeness (QED) is 0.804. The molecule has 0 amide bonds. The van der Waals surface area contributed by atoms with Crippen LogP contribution in [-0.2, 0) is 6.42 Å². The summed E-state index contributed by atoms with van der Waals surface area (Å²) in [7, 11) is 0. The summed E-state index contributed by atoms with van der Waals surface area (Å²) in [5.41, 5.74) is 4.34. The van der Waals surface area contributed by atoms with Crippen molar-refractivity contribution in [2.45, 2.75) is 32.1 Å². The zero-order chi connectivity index (χ0) is 12.9. The van der Waals surface area contributed by atoms with Gasteiger partial charge < -0.3 is 4.98 Å². The van der Waals surface area contributed by atoms with Gasteiger partial charge in [0.25, 0.3) is 0 Å². The highest BCUT2D eigenvalue weighted by atomic mass is 14.7. The molecule has 3 rings (SSSR count). The molecule has 1 unspecified atom stereocenters. The number of rotatable bonds is 3. The van der Waals surface area contributed by atoms with Gasteiger partial charge in [0.15, 0.2) is 0 Å². The summed E-state index contributed by atoms with van der Waals surface area (Å²) in [6, 6.07) is 15.0. The molecule has 0 saturated heterocycles. The maximum atomic E-state index is 3.34. The molecule has 1 aliphatic rings. The highest BCUT2D eigenvalue weighted by Crippen LogP contribution is 2.33. The third-order valence-electron chi connectivity index (χ3n) is 4.07. The first-order valence-corrected chi connectivity index (χ1v) is 7.29. The van der Waals surface area contributed by atoms with E-state index in [9.17, 15) is 0 Å². The van der Waals surface area contributed by atoms with Crippen LogP contribution in [0, 0.1) is 5.92 Å². The van der Waals surface area contributed by atoms with Crippen LogP contribution in [0.2, 0.25) is 0 Å². The number of aromatic amines is 1. The van der Waals surface area contributed by atoms with Crippen LogP contribution in [-0.4, -0.2) is 4.98 Å². The van der Waals surface area contributed by atoms with Crippen LogP contribution in [0.1, 0.15) is 36.9 Å². The molecular formula is C18H21N. The lowest BCUT2D eigenvalue weighted by molar-refractivity contribution is 0.451. The smallest absolute Gasteiger partial charge is 0.0153 e. The largest absolute Gasteiger partial charge is 0.365 e. The van der Waals surface area contributed by atoms with Gasteiger partial charge in [-0.2, -0.15) is 0 Å². The van der Waals surface area contributed by atoms with Crippen LogP contribution < -0.4 is 0 Å². The van der Waals surface area contributed by atoms with Gasteiger partial charge in [-0.15, -0.1) is 0 Å². The van der Waals surface area contributed by atoms with Gasteiger partial charge >= 0.3 is 0 Å². The van der Waals surface area contributed by atoms with Gasteiger partial charge in [0, 0.05) is 11.9 Å². The predicted octanol–water partition coefficient (Wildman–Crippen LogP) is 4.83. The third-order valence-corrected chi connectivity index (χ3v) is 4.07. The molecule has 1 fully saturated rings. The summed E-state index contributed by atoms with van der Waals surface area (Å²) >= 11 is 0. The number of H-pyrrole nitrogens is 1. The van der Waals surface area contributed by atoms with Crippen molar-refractivity contribution in [3.8, 4) is 0 Å². The molecule has 0 aliphatic heterocycles. The number of hydrogen-bond acceptors (Lipinski definition) is 0. The molecule has 19 heavy (non-hydrogen) atoms. The van der Waals surface area contributed by atoms with Gasteiger partial charge in [0.2, 0.25) is 0 Å². The molecule has 1 aromatic heterocycles. The Bertz CT molecular complexity index is 522. The lowest BCUT2D eigenvalue weighted by atomic mass is 9.80. The lowest BCUT2D eigenvalue weighted by Gasteiger charge is -2.25. The molecule has 1 aromatic carbocycles. The van der Waals surface area contributed by atoms with Gasteiger partial charge in [-0.3, -0.25) is 0 Å². The highest BCUT2D eigenvalue weighted by molar-refractivity contribution is 5.53. The minimum atomic E-state index is 0.715. The van der Waals surface area contributed by atoms with Crippen molar-refractivity contribution >= 4 is 6.08 Å². The van der Waals surface area contributed by atoms with Crippen molar-refractivity contribution in [1.29, 1.82) is 0 Å². The summed E-state index contributed by atoms with van der Waals surface area (Å²) in [5, 5.41) is 0. The fourth-order valence-electron chi connectivity index (χ4n) is 3.06. The zero-order valence-electron chi connectivity index (χ0n) is 11.3.